The highest BCUT2D eigenvalue weighted by Crippen LogP contribution is 2.07. The number of hydrogen-bond donors (Lipinski definition) is 0. The van der Waals surface area contributed by atoms with Crippen molar-refractivity contribution in [3.63, 3.8) is 0 Å². The third kappa shape index (κ3) is 3.48. The smallest absolute Gasteiger partial charge is 0.219 e. The van der Waals surface area contributed by atoms with Gasteiger partial charge >= 0.3 is 0 Å². The van der Waals surface area contributed by atoms with Crippen molar-refractivity contribution in [3.8, 4) is 0 Å². The van der Waals surface area contributed by atoms with Crippen LogP contribution in [0.1, 0.15) is 6.92 Å². The summed E-state index contributed by atoms with van der Waals surface area (Å²) >= 11 is 3.34. The number of nitrogens with zero attached hydrogens (tertiary/aromatic N) is 2. The predicted octanol–water partition coefficient (Wildman–Crippen LogP) is 1.06. The molecule has 1 fully saturated rings. The Hall–Kier alpha value is -0.350. The molecule has 0 spiro atoms. The fraction of sp³-hybridized carbons (Fsp3) is 0.667. The molecule has 1 aliphatic heterocycles. The molecule has 4 heteroatoms. The Morgan fingerprint density at radius 3 is 2.31 bits per heavy atom. The summed E-state index contributed by atoms with van der Waals surface area (Å²) in [5.41, 5.74) is 0. The first-order valence-electron chi connectivity index (χ1n) is 4.40. The molecule has 74 valence electrons. The van der Waals surface area contributed by atoms with E-state index in [1.807, 2.05) is 4.90 Å². The summed E-state index contributed by atoms with van der Waals surface area (Å²) in [5, 5.41) is 0. The topological polar surface area (TPSA) is 23.6 Å². The second-order valence-corrected chi connectivity index (χ2v) is 4.42. The number of rotatable bonds is 2. The van der Waals surface area contributed by atoms with Gasteiger partial charge in [0.1, 0.15) is 0 Å². The molecule has 1 aliphatic rings. The molecule has 0 unspecified atom stereocenters. The zero-order chi connectivity index (χ0) is 9.84. The highest BCUT2D eigenvalue weighted by atomic mass is 79.9. The van der Waals surface area contributed by atoms with Crippen LogP contribution in [0, 0.1) is 0 Å². The summed E-state index contributed by atoms with van der Waals surface area (Å²) in [4.78, 5) is 15.2. The van der Waals surface area contributed by atoms with Gasteiger partial charge in [-0.05, 0) is 0 Å². The van der Waals surface area contributed by atoms with E-state index in [0.717, 1.165) is 37.2 Å². The minimum atomic E-state index is 0.178. The molecule has 1 amide bonds. The third-order valence-electron chi connectivity index (χ3n) is 2.21. The summed E-state index contributed by atoms with van der Waals surface area (Å²) in [7, 11) is 0. The monoisotopic (exact) mass is 246 g/mol. The van der Waals surface area contributed by atoms with Gasteiger partial charge < -0.3 is 4.90 Å². The summed E-state index contributed by atoms with van der Waals surface area (Å²) in [6, 6.07) is 0. The molecule has 0 saturated carbocycles. The van der Waals surface area contributed by atoms with Gasteiger partial charge in [0.25, 0.3) is 0 Å². The lowest BCUT2D eigenvalue weighted by atomic mass is 10.3. The van der Waals surface area contributed by atoms with Crippen LogP contribution in [0.15, 0.2) is 11.1 Å². The first kappa shape index (κ1) is 10.7. The Bertz CT molecular complexity index is 210. The van der Waals surface area contributed by atoms with Crippen molar-refractivity contribution in [2.24, 2.45) is 0 Å². The molecule has 13 heavy (non-hydrogen) atoms. The highest BCUT2D eigenvalue weighted by molar-refractivity contribution is 9.11. The van der Waals surface area contributed by atoms with E-state index in [1.54, 1.807) is 6.92 Å². The lowest BCUT2D eigenvalue weighted by Gasteiger charge is -2.33. The standard InChI is InChI=1S/C9H15BrN2O/c1-8(10)7-11-3-5-12(6-4-11)9(2)13/h1,3-7H2,2H3. The van der Waals surface area contributed by atoms with E-state index in [4.69, 9.17) is 0 Å². The summed E-state index contributed by atoms with van der Waals surface area (Å²) < 4.78 is 1.00. The summed E-state index contributed by atoms with van der Waals surface area (Å²) in [5.74, 6) is 0.178. The maximum atomic E-state index is 11.0. The van der Waals surface area contributed by atoms with E-state index in [2.05, 4.69) is 27.4 Å². The predicted molar refractivity (Wildman–Crippen MR) is 56.8 cm³/mol. The van der Waals surface area contributed by atoms with Gasteiger partial charge in [0.05, 0.1) is 0 Å². The molecular weight excluding hydrogens is 232 g/mol. The van der Waals surface area contributed by atoms with Crippen LogP contribution in [0.5, 0.6) is 0 Å². The number of carbonyl (C=O) groups excluding carboxylic acids is 1. The van der Waals surface area contributed by atoms with Crippen LogP contribution in [0.3, 0.4) is 0 Å². The van der Waals surface area contributed by atoms with Crippen LogP contribution < -0.4 is 0 Å². The third-order valence-corrected chi connectivity index (χ3v) is 2.46. The fourth-order valence-electron chi connectivity index (χ4n) is 1.46. The molecule has 0 aliphatic carbocycles. The quantitative estimate of drug-likeness (QED) is 0.728. The Kier molecular flexibility index (Phi) is 3.93. The molecule has 1 saturated heterocycles. The van der Waals surface area contributed by atoms with Crippen molar-refractivity contribution in [1.82, 2.24) is 9.80 Å². The first-order chi connectivity index (χ1) is 6.09. The molecule has 0 radical (unpaired) electrons. The number of halogens is 1. The van der Waals surface area contributed by atoms with Crippen molar-refractivity contribution < 1.29 is 4.79 Å². The van der Waals surface area contributed by atoms with Gasteiger partial charge in [-0.2, -0.15) is 0 Å². The van der Waals surface area contributed by atoms with Crippen LogP contribution >= 0.6 is 15.9 Å². The maximum absolute atomic E-state index is 11.0. The van der Waals surface area contributed by atoms with Crippen molar-refractivity contribution in [2.75, 3.05) is 32.7 Å². The lowest BCUT2D eigenvalue weighted by molar-refractivity contribution is -0.130. The summed E-state index contributed by atoms with van der Waals surface area (Å²) in [6.07, 6.45) is 0. The molecule has 3 nitrogen and oxygen atoms in total. The van der Waals surface area contributed by atoms with Crippen molar-refractivity contribution in [1.29, 1.82) is 0 Å². The Balaban J connectivity index is 2.30. The minimum Gasteiger partial charge on any atom is -0.340 e. The average molecular weight is 247 g/mol. The number of piperazine rings is 1. The normalized spacial score (nSPS) is 18.8. The fourth-order valence-corrected chi connectivity index (χ4v) is 1.82. The number of amides is 1. The largest absolute Gasteiger partial charge is 0.340 e. The molecule has 0 atom stereocenters. The van der Waals surface area contributed by atoms with Crippen LogP contribution in [-0.2, 0) is 4.79 Å². The van der Waals surface area contributed by atoms with Gasteiger partial charge in [0, 0.05) is 44.1 Å². The van der Waals surface area contributed by atoms with Crippen LogP contribution in [0.25, 0.3) is 0 Å². The lowest BCUT2D eigenvalue weighted by Crippen LogP contribution is -2.48. The van der Waals surface area contributed by atoms with Gasteiger partial charge in [-0.3, -0.25) is 9.69 Å². The van der Waals surface area contributed by atoms with E-state index in [-0.39, 0.29) is 5.91 Å². The molecular formula is C9H15BrN2O. The van der Waals surface area contributed by atoms with Crippen molar-refractivity contribution >= 4 is 21.8 Å². The van der Waals surface area contributed by atoms with E-state index in [0.29, 0.717) is 0 Å². The highest BCUT2D eigenvalue weighted by Gasteiger charge is 2.17. The second-order valence-electron chi connectivity index (χ2n) is 3.30. The second kappa shape index (κ2) is 4.77. The Labute approximate surface area is 87.5 Å². The zero-order valence-corrected chi connectivity index (χ0v) is 9.51. The molecule has 0 aromatic carbocycles. The number of carbonyl (C=O) groups is 1. The minimum absolute atomic E-state index is 0.178. The van der Waals surface area contributed by atoms with Crippen LogP contribution in [0.2, 0.25) is 0 Å². The van der Waals surface area contributed by atoms with E-state index in [9.17, 15) is 4.79 Å². The average Bonchev–Trinajstić information content (AvgIpc) is 2.04. The number of hydrogen-bond acceptors (Lipinski definition) is 2. The van der Waals surface area contributed by atoms with Crippen molar-refractivity contribution in [2.45, 2.75) is 6.92 Å². The van der Waals surface area contributed by atoms with E-state index < -0.39 is 0 Å². The first-order valence-corrected chi connectivity index (χ1v) is 5.20. The van der Waals surface area contributed by atoms with E-state index in [1.165, 1.54) is 0 Å². The van der Waals surface area contributed by atoms with Gasteiger partial charge in [0.2, 0.25) is 5.91 Å². The Morgan fingerprint density at radius 2 is 1.92 bits per heavy atom. The van der Waals surface area contributed by atoms with Crippen LogP contribution in [0.4, 0.5) is 0 Å². The van der Waals surface area contributed by atoms with Gasteiger partial charge in [0.15, 0.2) is 0 Å². The summed E-state index contributed by atoms with van der Waals surface area (Å²) in [6.45, 7) is 9.89. The molecule has 1 rings (SSSR count). The maximum Gasteiger partial charge on any atom is 0.219 e. The molecule has 0 aromatic rings. The molecule has 0 N–H and O–H groups in total. The van der Waals surface area contributed by atoms with Crippen LogP contribution in [-0.4, -0.2) is 48.4 Å². The van der Waals surface area contributed by atoms with Crippen molar-refractivity contribution in [3.05, 3.63) is 11.1 Å². The molecule has 0 bridgehead atoms. The molecule has 0 aromatic heterocycles. The van der Waals surface area contributed by atoms with Gasteiger partial charge in [-0.15, -0.1) is 0 Å². The van der Waals surface area contributed by atoms with E-state index >= 15 is 0 Å². The van der Waals surface area contributed by atoms with Gasteiger partial charge in [-0.25, -0.2) is 0 Å². The van der Waals surface area contributed by atoms with Gasteiger partial charge in [-0.1, -0.05) is 22.5 Å². The molecule has 1 heterocycles. The SMILES string of the molecule is C=C(Br)CN1CCN(C(C)=O)CC1. The Morgan fingerprint density at radius 1 is 1.38 bits per heavy atom. The zero-order valence-electron chi connectivity index (χ0n) is 7.92.